The standard InChI is InChI=1S/C8H15NO2S/c1-3-5(2)7-9-6(4-12-7)8(10)11/h5-7,9H,3-4H2,1-2H3,(H,10,11)/t5?,6-,7?/m0/s1. The lowest BCUT2D eigenvalue weighted by Crippen LogP contribution is -2.38. The van der Waals surface area contributed by atoms with Gasteiger partial charge in [0.2, 0.25) is 0 Å². The van der Waals surface area contributed by atoms with E-state index in [-0.39, 0.29) is 6.04 Å². The van der Waals surface area contributed by atoms with E-state index in [4.69, 9.17) is 5.11 Å². The van der Waals surface area contributed by atoms with Crippen LogP contribution in [0.15, 0.2) is 0 Å². The highest BCUT2D eigenvalue weighted by molar-refractivity contribution is 8.00. The second kappa shape index (κ2) is 4.14. The minimum Gasteiger partial charge on any atom is -0.480 e. The van der Waals surface area contributed by atoms with Gasteiger partial charge in [-0.05, 0) is 5.92 Å². The van der Waals surface area contributed by atoms with Crippen molar-refractivity contribution < 1.29 is 9.90 Å². The first-order chi connectivity index (χ1) is 5.65. The maximum atomic E-state index is 10.6. The van der Waals surface area contributed by atoms with Gasteiger partial charge in [0.1, 0.15) is 6.04 Å². The number of hydrogen-bond donors (Lipinski definition) is 2. The Morgan fingerprint density at radius 2 is 2.50 bits per heavy atom. The molecule has 4 heteroatoms. The van der Waals surface area contributed by atoms with Crippen LogP contribution in [0.3, 0.4) is 0 Å². The zero-order valence-corrected chi connectivity index (χ0v) is 8.23. The molecule has 70 valence electrons. The predicted octanol–water partition coefficient (Wildman–Crippen LogP) is 1.15. The second-order valence-corrected chi connectivity index (χ2v) is 4.37. The molecule has 2 N–H and O–H groups in total. The van der Waals surface area contributed by atoms with E-state index in [9.17, 15) is 4.79 Å². The molecule has 1 heterocycles. The molecule has 3 atom stereocenters. The van der Waals surface area contributed by atoms with Crippen molar-refractivity contribution in [2.45, 2.75) is 31.7 Å². The van der Waals surface area contributed by atoms with Gasteiger partial charge in [-0.3, -0.25) is 10.1 Å². The molecule has 0 aromatic heterocycles. The first kappa shape index (κ1) is 9.86. The molecular weight excluding hydrogens is 174 g/mol. The minimum atomic E-state index is -0.728. The van der Waals surface area contributed by atoms with Gasteiger partial charge < -0.3 is 5.11 Å². The van der Waals surface area contributed by atoms with Gasteiger partial charge in [-0.2, -0.15) is 0 Å². The molecular formula is C8H15NO2S. The Bertz CT molecular complexity index is 174. The first-order valence-electron chi connectivity index (χ1n) is 4.25. The Morgan fingerprint density at radius 1 is 1.83 bits per heavy atom. The van der Waals surface area contributed by atoms with Crippen LogP contribution in [0.4, 0.5) is 0 Å². The summed E-state index contributed by atoms with van der Waals surface area (Å²) in [7, 11) is 0. The summed E-state index contributed by atoms with van der Waals surface area (Å²) in [4.78, 5) is 10.6. The summed E-state index contributed by atoms with van der Waals surface area (Å²) in [6.45, 7) is 4.27. The van der Waals surface area contributed by atoms with Crippen LogP contribution in [0.1, 0.15) is 20.3 Å². The van der Waals surface area contributed by atoms with Crippen LogP contribution in [0.2, 0.25) is 0 Å². The molecule has 1 fully saturated rings. The van der Waals surface area contributed by atoms with Crippen molar-refractivity contribution in [3.8, 4) is 0 Å². The highest BCUT2D eigenvalue weighted by Crippen LogP contribution is 2.26. The van der Waals surface area contributed by atoms with Crippen molar-refractivity contribution in [2.75, 3.05) is 5.75 Å². The van der Waals surface area contributed by atoms with E-state index in [0.29, 0.717) is 17.0 Å². The number of nitrogens with one attached hydrogen (secondary N) is 1. The lowest BCUT2D eigenvalue weighted by Gasteiger charge is -2.16. The fraction of sp³-hybridized carbons (Fsp3) is 0.875. The molecule has 1 rings (SSSR count). The van der Waals surface area contributed by atoms with Gasteiger partial charge in [-0.15, -0.1) is 11.8 Å². The van der Waals surface area contributed by atoms with Gasteiger partial charge in [0.15, 0.2) is 0 Å². The van der Waals surface area contributed by atoms with Crippen molar-refractivity contribution in [3.05, 3.63) is 0 Å². The average molecular weight is 189 g/mol. The van der Waals surface area contributed by atoms with E-state index in [2.05, 4.69) is 19.2 Å². The van der Waals surface area contributed by atoms with E-state index >= 15 is 0 Å². The number of carboxylic acids is 1. The highest BCUT2D eigenvalue weighted by Gasteiger charge is 2.31. The van der Waals surface area contributed by atoms with Gasteiger partial charge in [0.05, 0.1) is 5.37 Å². The monoisotopic (exact) mass is 189 g/mol. The molecule has 3 nitrogen and oxygen atoms in total. The normalized spacial score (nSPS) is 31.8. The third-order valence-corrected chi connectivity index (χ3v) is 3.75. The quantitative estimate of drug-likeness (QED) is 0.699. The van der Waals surface area contributed by atoms with Crippen LogP contribution < -0.4 is 5.32 Å². The molecule has 0 radical (unpaired) electrons. The molecule has 0 amide bonds. The molecule has 0 spiro atoms. The third kappa shape index (κ3) is 2.14. The van der Waals surface area contributed by atoms with Crippen LogP contribution in [-0.2, 0) is 4.79 Å². The van der Waals surface area contributed by atoms with E-state index in [1.165, 1.54) is 0 Å². The molecule has 1 aliphatic rings. The van der Waals surface area contributed by atoms with Gasteiger partial charge in [0.25, 0.3) is 0 Å². The largest absolute Gasteiger partial charge is 0.480 e. The van der Waals surface area contributed by atoms with Crippen LogP contribution in [0, 0.1) is 5.92 Å². The molecule has 1 saturated heterocycles. The van der Waals surface area contributed by atoms with Crippen LogP contribution in [-0.4, -0.2) is 28.2 Å². The Balaban J connectivity index is 2.40. The smallest absolute Gasteiger partial charge is 0.321 e. The number of hydrogen-bond acceptors (Lipinski definition) is 3. The van der Waals surface area contributed by atoms with E-state index in [1.807, 2.05) is 0 Å². The molecule has 12 heavy (non-hydrogen) atoms. The first-order valence-corrected chi connectivity index (χ1v) is 5.30. The van der Waals surface area contributed by atoms with Crippen molar-refractivity contribution in [1.82, 2.24) is 5.32 Å². The molecule has 0 saturated carbocycles. The zero-order valence-electron chi connectivity index (χ0n) is 7.41. The molecule has 2 unspecified atom stereocenters. The number of rotatable bonds is 3. The summed E-state index contributed by atoms with van der Waals surface area (Å²) in [6.07, 6.45) is 1.09. The Labute approximate surface area is 76.9 Å². The van der Waals surface area contributed by atoms with Crippen LogP contribution >= 0.6 is 11.8 Å². The molecule has 1 aliphatic heterocycles. The average Bonchev–Trinajstić information content (AvgIpc) is 2.51. The SMILES string of the molecule is CCC(C)C1N[C@H](C(=O)O)CS1. The van der Waals surface area contributed by atoms with Crippen LogP contribution in [0.25, 0.3) is 0 Å². The second-order valence-electron chi connectivity index (χ2n) is 3.20. The van der Waals surface area contributed by atoms with E-state index in [1.54, 1.807) is 11.8 Å². The predicted molar refractivity (Wildman–Crippen MR) is 50.3 cm³/mol. The summed E-state index contributed by atoms with van der Waals surface area (Å²) < 4.78 is 0. The van der Waals surface area contributed by atoms with Crippen molar-refractivity contribution in [3.63, 3.8) is 0 Å². The van der Waals surface area contributed by atoms with Crippen molar-refractivity contribution in [1.29, 1.82) is 0 Å². The number of carboxylic acid groups (broad SMARTS) is 1. The van der Waals surface area contributed by atoms with Gasteiger partial charge >= 0.3 is 5.97 Å². The topological polar surface area (TPSA) is 49.3 Å². The number of carbonyl (C=O) groups is 1. The lowest BCUT2D eigenvalue weighted by molar-refractivity contribution is -0.138. The maximum absolute atomic E-state index is 10.6. The fourth-order valence-corrected chi connectivity index (χ4v) is 2.60. The van der Waals surface area contributed by atoms with Crippen molar-refractivity contribution >= 4 is 17.7 Å². The van der Waals surface area contributed by atoms with E-state index in [0.717, 1.165) is 6.42 Å². The summed E-state index contributed by atoms with van der Waals surface area (Å²) in [6, 6.07) is -0.339. The fourth-order valence-electron chi connectivity index (χ4n) is 1.18. The summed E-state index contributed by atoms with van der Waals surface area (Å²) >= 11 is 1.72. The highest BCUT2D eigenvalue weighted by atomic mass is 32.2. The minimum absolute atomic E-state index is 0.330. The zero-order chi connectivity index (χ0) is 9.14. The Hall–Kier alpha value is -0.220. The number of aliphatic carboxylic acids is 1. The molecule has 0 aromatic carbocycles. The lowest BCUT2D eigenvalue weighted by atomic mass is 10.1. The van der Waals surface area contributed by atoms with Crippen molar-refractivity contribution in [2.24, 2.45) is 5.92 Å². The van der Waals surface area contributed by atoms with Gasteiger partial charge in [-0.1, -0.05) is 20.3 Å². The van der Waals surface area contributed by atoms with Gasteiger partial charge in [-0.25, -0.2) is 0 Å². The molecule has 0 aromatic rings. The Morgan fingerprint density at radius 3 is 2.92 bits per heavy atom. The third-order valence-electron chi connectivity index (χ3n) is 2.27. The van der Waals surface area contributed by atoms with Crippen LogP contribution in [0.5, 0.6) is 0 Å². The van der Waals surface area contributed by atoms with E-state index < -0.39 is 5.97 Å². The van der Waals surface area contributed by atoms with Gasteiger partial charge in [0, 0.05) is 5.75 Å². The maximum Gasteiger partial charge on any atom is 0.321 e. The summed E-state index contributed by atoms with van der Waals surface area (Å²) in [5, 5.41) is 12.1. The summed E-state index contributed by atoms with van der Waals surface area (Å²) in [5.41, 5.74) is 0. The molecule has 0 aliphatic carbocycles. The number of thioether (sulfide) groups is 1. The molecule has 0 bridgehead atoms. The summed E-state index contributed by atoms with van der Waals surface area (Å²) in [5.74, 6) is 0.525. The Kier molecular flexibility index (Phi) is 3.40.